The van der Waals surface area contributed by atoms with Crippen LogP contribution in [0.25, 0.3) is 0 Å². The maximum absolute atomic E-state index is 14.0. The van der Waals surface area contributed by atoms with Crippen LogP contribution in [0.2, 0.25) is 0 Å². The Labute approximate surface area is 191 Å². The number of ketones is 1. The summed E-state index contributed by atoms with van der Waals surface area (Å²) in [6, 6.07) is 24.2. The van der Waals surface area contributed by atoms with Crippen LogP contribution in [0.5, 0.6) is 0 Å². The highest BCUT2D eigenvalue weighted by Crippen LogP contribution is 2.43. The molecule has 6 nitrogen and oxygen atoms in total. The minimum Gasteiger partial charge on any atom is -0.478 e. The third kappa shape index (κ3) is 3.80. The number of fused-ring (bicyclic) bond motifs is 1. The number of carboxylic acid groups (broad SMARTS) is 1. The number of nitrogens with zero attached hydrogens (tertiary/aromatic N) is 2. The molecule has 6 heteroatoms. The molecule has 0 bridgehead atoms. The smallest absolute Gasteiger partial charge is 0.336 e. The molecule has 1 aliphatic heterocycles. The molecule has 0 fully saturated rings. The van der Waals surface area contributed by atoms with Gasteiger partial charge in [0.25, 0.3) is 0 Å². The van der Waals surface area contributed by atoms with Gasteiger partial charge in [-0.05, 0) is 30.2 Å². The lowest BCUT2D eigenvalue weighted by Crippen LogP contribution is -2.35. The number of nitrogens with one attached hydrogen (secondary N) is 1. The van der Waals surface area contributed by atoms with Crippen molar-refractivity contribution in [3.8, 4) is 0 Å². The number of aromatic carboxylic acids is 1. The molecule has 0 amide bonds. The molecule has 4 aromatic rings. The Morgan fingerprint density at radius 2 is 1.70 bits per heavy atom. The molecule has 0 saturated carbocycles. The molecule has 1 aliphatic rings. The molecule has 2 atom stereocenters. The Kier molecular flexibility index (Phi) is 5.26. The minimum atomic E-state index is -1.12. The highest BCUT2D eigenvalue weighted by molar-refractivity contribution is 6.14. The van der Waals surface area contributed by atoms with Crippen LogP contribution >= 0.6 is 0 Å². The SMILES string of the molecule is Cc1cn(Cc2ccccc2)c(C2C(=O)c3c(cccc3C(=O)O)NC2c2ccccc2)n1. The molecule has 5 rings (SSSR count). The van der Waals surface area contributed by atoms with Crippen molar-refractivity contribution in [3.05, 3.63) is 119 Å². The first kappa shape index (κ1) is 20.7. The van der Waals surface area contributed by atoms with E-state index in [1.807, 2.05) is 78.4 Å². The quantitative estimate of drug-likeness (QED) is 0.455. The number of benzene rings is 3. The minimum absolute atomic E-state index is 0.000556. The number of Topliss-reactive ketones (excluding diaryl/α,β-unsaturated/α-hetero) is 1. The molecule has 0 spiro atoms. The lowest BCUT2D eigenvalue weighted by molar-refractivity contribution is 0.0690. The summed E-state index contributed by atoms with van der Waals surface area (Å²) in [4.78, 5) is 30.7. The Morgan fingerprint density at radius 3 is 2.39 bits per heavy atom. The first-order valence-corrected chi connectivity index (χ1v) is 10.8. The number of imidazole rings is 1. The maximum Gasteiger partial charge on any atom is 0.336 e. The van der Waals surface area contributed by atoms with Gasteiger partial charge in [-0.3, -0.25) is 4.79 Å². The van der Waals surface area contributed by atoms with Gasteiger partial charge in [0.15, 0.2) is 5.78 Å². The van der Waals surface area contributed by atoms with E-state index in [0.717, 1.165) is 16.8 Å². The standard InChI is InChI=1S/C27H23N3O3/c1-17-15-30(16-18-9-4-2-5-10-18)26(28-17)23-24(19-11-6-3-7-12-19)29-21-14-8-13-20(27(32)33)22(21)25(23)31/h2-15,23-24,29H,16H2,1H3,(H,32,33). The third-order valence-electron chi connectivity index (χ3n) is 6.03. The van der Waals surface area contributed by atoms with E-state index in [0.29, 0.717) is 18.1 Å². The predicted octanol–water partition coefficient (Wildman–Crippen LogP) is 5.07. The van der Waals surface area contributed by atoms with Crippen LogP contribution in [0.1, 0.15) is 55.3 Å². The number of hydrogen-bond acceptors (Lipinski definition) is 4. The summed E-state index contributed by atoms with van der Waals surface area (Å²) in [6.07, 6.45) is 1.94. The normalized spacial score (nSPS) is 17.3. The second-order valence-corrected chi connectivity index (χ2v) is 8.26. The van der Waals surface area contributed by atoms with Gasteiger partial charge < -0.3 is 15.0 Å². The number of carbonyl (C=O) groups is 2. The molecule has 0 radical (unpaired) electrons. The molecular formula is C27H23N3O3. The molecule has 2 heterocycles. The van der Waals surface area contributed by atoms with Crippen LogP contribution < -0.4 is 5.32 Å². The molecule has 33 heavy (non-hydrogen) atoms. The van der Waals surface area contributed by atoms with Gasteiger partial charge in [0.05, 0.1) is 22.9 Å². The van der Waals surface area contributed by atoms with Gasteiger partial charge in [-0.1, -0.05) is 66.7 Å². The second kappa shape index (κ2) is 8.39. The van der Waals surface area contributed by atoms with Crippen molar-refractivity contribution in [2.75, 3.05) is 5.32 Å². The summed E-state index contributed by atoms with van der Waals surface area (Å²) in [6.45, 7) is 2.47. The predicted molar refractivity (Wildman–Crippen MR) is 126 cm³/mol. The van der Waals surface area contributed by atoms with Gasteiger partial charge in [-0.25, -0.2) is 9.78 Å². The van der Waals surface area contributed by atoms with Crippen molar-refractivity contribution in [1.29, 1.82) is 0 Å². The molecule has 0 aliphatic carbocycles. The highest BCUT2D eigenvalue weighted by atomic mass is 16.4. The molecular weight excluding hydrogens is 414 g/mol. The molecule has 0 saturated heterocycles. The zero-order chi connectivity index (χ0) is 22.9. The lowest BCUT2D eigenvalue weighted by atomic mass is 9.80. The van der Waals surface area contributed by atoms with Gasteiger partial charge >= 0.3 is 5.97 Å². The summed E-state index contributed by atoms with van der Waals surface area (Å²) in [7, 11) is 0. The fraction of sp³-hybridized carbons (Fsp3) is 0.148. The van der Waals surface area contributed by atoms with Crippen molar-refractivity contribution in [3.63, 3.8) is 0 Å². The summed E-state index contributed by atoms with van der Waals surface area (Å²) in [5, 5.41) is 13.2. The second-order valence-electron chi connectivity index (χ2n) is 8.26. The lowest BCUT2D eigenvalue weighted by Gasteiger charge is -2.34. The number of hydrogen-bond donors (Lipinski definition) is 2. The van der Waals surface area contributed by atoms with E-state index < -0.39 is 11.9 Å². The third-order valence-corrected chi connectivity index (χ3v) is 6.03. The molecule has 2 N–H and O–H groups in total. The van der Waals surface area contributed by atoms with Gasteiger partial charge in [0.2, 0.25) is 0 Å². The topological polar surface area (TPSA) is 84.2 Å². The van der Waals surface area contributed by atoms with E-state index in [2.05, 4.69) is 5.32 Å². The van der Waals surface area contributed by atoms with Crippen LogP contribution in [0.3, 0.4) is 0 Å². The van der Waals surface area contributed by atoms with E-state index in [4.69, 9.17) is 4.98 Å². The number of aromatic nitrogens is 2. The highest BCUT2D eigenvalue weighted by Gasteiger charge is 2.42. The maximum atomic E-state index is 14.0. The zero-order valence-electron chi connectivity index (χ0n) is 18.1. The van der Waals surface area contributed by atoms with Gasteiger partial charge in [-0.15, -0.1) is 0 Å². The van der Waals surface area contributed by atoms with Gasteiger partial charge in [0, 0.05) is 18.4 Å². The van der Waals surface area contributed by atoms with Crippen LogP contribution in [0.15, 0.2) is 85.1 Å². The number of carboxylic acids is 1. The molecule has 164 valence electrons. The summed E-state index contributed by atoms with van der Waals surface area (Å²) in [5.41, 5.74) is 3.57. The zero-order valence-corrected chi connectivity index (χ0v) is 18.1. The van der Waals surface area contributed by atoms with E-state index in [9.17, 15) is 14.7 Å². The fourth-order valence-corrected chi connectivity index (χ4v) is 4.60. The van der Waals surface area contributed by atoms with Crippen molar-refractivity contribution in [2.24, 2.45) is 0 Å². The first-order chi connectivity index (χ1) is 16.0. The van der Waals surface area contributed by atoms with Crippen molar-refractivity contribution < 1.29 is 14.7 Å². The van der Waals surface area contributed by atoms with E-state index in [-0.39, 0.29) is 23.0 Å². The summed E-state index contributed by atoms with van der Waals surface area (Å²) >= 11 is 0. The van der Waals surface area contributed by atoms with Crippen molar-refractivity contribution >= 4 is 17.4 Å². The average molecular weight is 437 g/mol. The Hall–Kier alpha value is -4.19. The van der Waals surface area contributed by atoms with Gasteiger partial charge in [0.1, 0.15) is 11.7 Å². The van der Waals surface area contributed by atoms with E-state index in [1.54, 1.807) is 12.1 Å². The van der Waals surface area contributed by atoms with Crippen molar-refractivity contribution in [2.45, 2.75) is 25.4 Å². The molecule has 1 aromatic heterocycles. The number of rotatable bonds is 5. The average Bonchev–Trinajstić information content (AvgIpc) is 3.19. The van der Waals surface area contributed by atoms with Gasteiger partial charge in [-0.2, -0.15) is 0 Å². The Morgan fingerprint density at radius 1 is 1.00 bits per heavy atom. The van der Waals surface area contributed by atoms with E-state index >= 15 is 0 Å². The number of carbonyl (C=O) groups excluding carboxylic acids is 1. The Bertz CT molecular complexity index is 1330. The van der Waals surface area contributed by atoms with E-state index in [1.165, 1.54) is 6.07 Å². The Balaban J connectivity index is 1.68. The molecule has 3 aromatic carbocycles. The van der Waals surface area contributed by atoms with Crippen LogP contribution in [0.4, 0.5) is 5.69 Å². The largest absolute Gasteiger partial charge is 0.478 e. The number of anilines is 1. The number of aryl methyl sites for hydroxylation is 1. The first-order valence-electron chi connectivity index (χ1n) is 10.8. The summed E-state index contributed by atoms with van der Waals surface area (Å²) < 4.78 is 2.00. The van der Waals surface area contributed by atoms with Crippen LogP contribution in [-0.2, 0) is 6.54 Å². The summed E-state index contributed by atoms with van der Waals surface area (Å²) in [5.74, 6) is -1.43. The van der Waals surface area contributed by atoms with Crippen molar-refractivity contribution in [1.82, 2.24) is 9.55 Å². The van der Waals surface area contributed by atoms with Crippen LogP contribution in [0, 0.1) is 6.92 Å². The monoisotopic (exact) mass is 437 g/mol. The van der Waals surface area contributed by atoms with Crippen LogP contribution in [-0.4, -0.2) is 26.4 Å². The molecule has 2 unspecified atom stereocenters. The fourth-order valence-electron chi connectivity index (χ4n) is 4.60.